The number of hydrogen-bond acceptors (Lipinski definition) is 7. The van der Waals surface area contributed by atoms with E-state index in [0.29, 0.717) is 25.5 Å². The van der Waals surface area contributed by atoms with E-state index in [1.165, 1.54) is 4.90 Å². The number of rotatable bonds is 5. The van der Waals surface area contributed by atoms with Gasteiger partial charge in [-0.2, -0.15) is 5.26 Å². The standard InChI is InChI=1S/C25H33N7O2/c1-18(2)11-14-30-21-22(33)31(15-12-19-8-5-4-6-9-19)24(34)32(17-26)25(21,3)28-23(30)29-13-7-10-20(27)16-29/h4-6,8-9,11,20-21H,7,10,12-16,27H2,1-3H3. The normalized spacial score (nSPS) is 26.9. The number of guanidine groups is 1. The summed E-state index contributed by atoms with van der Waals surface area (Å²) in [7, 11) is 0. The Bertz CT molecular complexity index is 1040. The van der Waals surface area contributed by atoms with Crippen molar-refractivity contribution < 1.29 is 9.59 Å². The number of nitrogens with zero attached hydrogens (tertiary/aromatic N) is 6. The van der Waals surface area contributed by atoms with Crippen molar-refractivity contribution in [2.24, 2.45) is 10.7 Å². The number of benzene rings is 1. The summed E-state index contributed by atoms with van der Waals surface area (Å²) in [5.41, 5.74) is 7.07. The molecule has 3 unspecified atom stereocenters. The molecule has 3 aliphatic heterocycles. The molecule has 0 aliphatic carbocycles. The number of piperidine rings is 1. The number of carbonyl (C=O) groups is 2. The van der Waals surface area contributed by atoms with Gasteiger partial charge in [0.25, 0.3) is 5.91 Å². The molecule has 9 nitrogen and oxygen atoms in total. The highest BCUT2D eigenvalue weighted by Crippen LogP contribution is 2.38. The van der Waals surface area contributed by atoms with Gasteiger partial charge in [0.15, 0.2) is 23.9 Å². The van der Waals surface area contributed by atoms with Crippen molar-refractivity contribution in [2.45, 2.75) is 57.8 Å². The molecule has 0 bridgehead atoms. The maximum Gasteiger partial charge on any atom is 0.342 e. The molecular formula is C25H33N7O2. The third-order valence-corrected chi connectivity index (χ3v) is 6.79. The quantitative estimate of drug-likeness (QED) is 0.529. The van der Waals surface area contributed by atoms with Crippen LogP contribution in [0.2, 0.25) is 0 Å². The van der Waals surface area contributed by atoms with Crippen LogP contribution in [0.5, 0.6) is 0 Å². The van der Waals surface area contributed by atoms with Gasteiger partial charge in [0, 0.05) is 32.2 Å². The van der Waals surface area contributed by atoms with E-state index < -0.39 is 17.7 Å². The Hall–Kier alpha value is -3.38. The molecule has 2 saturated heterocycles. The van der Waals surface area contributed by atoms with E-state index in [0.717, 1.165) is 35.4 Å². The van der Waals surface area contributed by atoms with E-state index in [4.69, 9.17) is 10.7 Å². The topological polar surface area (TPSA) is 109 Å². The Morgan fingerprint density at radius 1 is 1.29 bits per heavy atom. The lowest BCUT2D eigenvalue weighted by molar-refractivity contribution is -0.139. The lowest BCUT2D eigenvalue weighted by Crippen LogP contribution is -2.70. The number of fused-ring (bicyclic) bond motifs is 1. The summed E-state index contributed by atoms with van der Waals surface area (Å²) >= 11 is 0. The molecule has 3 atom stereocenters. The summed E-state index contributed by atoms with van der Waals surface area (Å²) < 4.78 is 0. The zero-order chi connectivity index (χ0) is 24.5. The van der Waals surface area contributed by atoms with Crippen LogP contribution in [0.4, 0.5) is 4.79 Å². The molecule has 9 heteroatoms. The van der Waals surface area contributed by atoms with Crippen LogP contribution < -0.4 is 5.73 Å². The molecule has 34 heavy (non-hydrogen) atoms. The minimum Gasteiger partial charge on any atom is -0.341 e. The number of nitrogens with two attached hydrogens (primary N) is 1. The lowest BCUT2D eigenvalue weighted by atomic mass is 9.96. The zero-order valence-electron chi connectivity index (χ0n) is 20.1. The van der Waals surface area contributed by atoms with Crippen LogP contribution in [0.3, 0.4) is 0 Å². The molecule has 3 heterocycles. The number of hydrogen-bond donors (Lipinski definition) is 1. The van der Waals surface area contributed by atoms with Gasteiger partial charge in [-0.3, -0.25) is 9.69 Å². The molecule has 0 radical (unpaired) electrons. The van der Waals surface area contributed by atoms with Crippen LogP contribution >= 0.6 is 0 Å². The fraction of sp³-hybridized carbons (Fsp3) is 0.520. The van der Waals surface area contributed by atoms with E-state index in [9.17, 15) is 14.9 Å². The van der Waals surface area contributed by atoms with Crippen molar-refractivity contribution in [3.8, 4) is 6.19 Å². The van der Waals surface area contributed by atoms with Gasteiger partial charge in [-0.05, 0) is 45.6 Å². The highest BCUT2D eigenvalue weighted by molar-refractivity contribution is 6.05. The van der Waals surface area contributed by atoms with Crippen LogP contribution in [-0.2, 0) is 11.2 Å². The van der Waals surface area contributed by atoms with Crippen LogP contribution in [0.1, 0.15) is 39.2 Å². The van der Waals surface area contributed by atoms with E-state index in [1.54, 1.807) is 6.92 Å². The van der Waals surface area contributed by atoms with Gasteiger partial charge in [-0.15, -0.1) is 0 Å². The average molecular weight is 464 g/mol. The van der Waals surface area contributed by atoms with Crippen LogP contribution in [0.25, 0.3) is 0 Å². The Kier molecular flexibility index (Phi) is 6.62. The highest BCUT2D eigenvalue weighted by atomic mass is 16.2. The summed E-state index contributed by atoms with van der Waals surface area (Å²) in [5.74, 6) is 0.309. The minimum absolute atomic E-state index is 0.0176. The molecular weight excluding hydrogens is 430 g/mol. The summed E-state index contributed by atoms with van der Waals surface area (Å²) in [5, 5.41) is 9.99. The lowest BCUT2D eigenvalue weighted by Gasteiger charge is -2.45. The van der Waals surface area contributed by atoms with E-state index >= 15 is 0 Å². The molecule has 1 aromatic carbocycles. The molecule has 0 saturated carbocycles. The second-order valence-corrected chi connectivity index (χ2v) is 9.63. The molecule has 0 spiro atoms. The first-order valence-electron chi connectivity index (χ1n) is 11.9. The van der Waals surface area contributed by atoms with Crippen LogP contribution in [0.15, 0.2) is 47.0 Å². The van der Waals surface area contributed by atoms with Crippen LogP contribution in [0, 0.1) is 11.5 Å². The Labute approximate surface area is 201 Å². The Morgan fingerprint density at radius 3 is 2.68 bits per heavy atom. The third kappa shape index (κ3) is 4.26. The number of aliphatic imine (C=N–C) groups is 1. The summed E-state index contributed by atoms with van der Waals surface area (Å²) in [6, 6.07) is 8.31. The predicted molar refractivity (Wildman–Crippen MR) is 129 cm³/mol. The number of nitriles is 1. The second-order valence-electron chi connectivity index (χ2n) is 9.63. The molecule has 2 fully saturated rings. The van der Waals surface area contributed by atoms with Gasteiger partial charge in [0.2, 0.25) is 0 Å². The molecule has 1 aromatic rings. The first-order valence-corrected chi connectivity index (χ1v) is 11.9. The average Bonchev–Trinajstić information content (AvgIpc) is 3.11. The van der Waals surface area contributed by atoms with Gasteiger partial charge in [-0.25, -0.2) is 14.7 Å². The van der Waals surface area contributed by atoms with Crippen molar-refractivity contribution in [3.05, 3.63) is 47.5 Å². The largest absolute Gasteiger partial charge is 0.342 e. The van der Waals surface area contributed by atoms with Crippen molar-refractivity contribution >= 4 is 17.9 Å². The maximum atomic E-state index is 13.8. The minimum atomic E-state index is -1.31. The van der Waals surface area contributed by atoms with Gasteiger partial charge < -0.3 is 15.5 Å². The molecule has 4 rings (SSSR count). The van der Waals surface area contributed by atoms with E-state index in [-0.39, 0.29) is 18.5 Å². The maximum absolute atomic E-state index is 13.8. The first-order chi connectivity index (χ1) is 16.3. The zero-order valence-corrected chi connectivity index (χ0v) is 20.1. The van der Waals surface area contributed by atoms with Crippen molar-refractivity contribution in [2.75, 3.05) is 26.2 Å². The van der Waals surface area contributed by atoms with E-state index in [2.05, 4.69) is 4.90 Å². The summed E-state index contributed by atoms with van der Waals surface area (Å²) in [6.45, 7) is 7.77. The predicted octanol–water partition coefficient (Wildman–Crippen LogP) is 2.12. The molecule has 2 N–H and O–H groups in total. The Morgan fingerprint density at radius 2 is 2.03 bits per heavy atom. The van der Waals surface area contributed by atoms with Crippen molar-refractivity contribution in [3.63, 3.8) is 0 Å². The number of amides is 3. The third-order valence-electron chi connectivity index (χ3n) is 6.79. The van der Waals surface area contributed by atoms with Gasteiger partial charge in [-0.1, -0.05) is 42.0 Å². The first kappa shape index (κ1) is 23.8. The van der Waals surface area contributed by atoms with Gasteiger partial charge >= 0.3 is 6.03 Å². The fourth-order valence-electron chi connectivity index (χ4n) is 4.98. The van der Waals surface area contributed by atoms with Gasteiger partial charge in [0.05, 0.1) is 0 Å². The van der Waals surface area contributed by atoms with Gasteiger partial charge in [0.1, 0.15) is 0 Å². The molecule has 180 valence electrons. The number of allylic oxidation sites excluding steroid dienone is 1. The molecule has 0 aromatic heterocycles. The SMILES string of the molecule is CC(C)=CCN1C(N2CCCC(N)C2)=NC2(C)C1C(=O)N(CCc1ccccc1)C(=O)N2C#N. The van der Waals surface area contributed by atoms with Crippen molar-refractivity contribution in [1.29, 1.82) is 5.26 Å². The number of carbonyl (C=O) groups excluding carboxylic acids is 2. The second kappa shape index (κ2) is 9.47. The van der Waals surface area contributed by atoms with Crippen molar-refractivity contribution in [1.82, 2.24) is 19.6 Å². The Balaban J connectivity index is 1.69. The number of urea groups is 1. The highest BCUT2D eigenvalue weighted by Gasteiger charge is 2.61. The number of likely N-dealkylation sites (tertiary alicyclic amines) is 1. The van der Waals surface area contributed by atoms with E-state index in [1.807, 2.05) is 61.3 Å². The van der Waals surface area contributed by atoms with Crippen LogP contribution in [-0.4, -0.2) is 81.4 Å². The smallest absolute Gasteiger partial charge is 0.341 e. The summed E-state index contributed by atoms with van der Waals surface area (Å²) in [4.78, 5) is 38.4. The number of imide groups is 1. The molecule has 3 aliphatic rings. The monoisotopic (exact) mass is 463 g/mol. The fourth-order valence-corrected chi connectivity index (χ4v) is 4.98. The molecule has 3 amide bonds. The summed E-state index contributed by atoms with van der Waals surface area (Å²) in [6.07, 6.45) is 6.45.